The molecule has 0 aliphatic carbocycles. The van der Waals surface area contributed by atoms with Crippen molar-refractivity contribution in [1.82, 2.24) is 0 Å². The molecule has 52 heavy (non-hydrogen) atoms. The van der Waals surface area contributed by atoms with Gasteiger partial charge in [0.2, 0.25) is 0 Å². The molecule has 0 atom stereocenters. The van der Waals surface area contributed by atoms with Gasteiger partial charge in [-0.05, 0) is 82.6 Å². The first-order valence-corrected chi connectivity index (χ1v) is 17.0. The van der Waals surface area contributed by atoms with Gasteiger partial charge >= 0.3 is 0 Å². The zero-order chi connectivity index (χ0) is 57.5. The Bertz CT molecular complexity index is 2000. The maximum atomic E-state index is 5.75. The van der Waals surface area contributed by atoms with Gasteiger partial charge in [-0.2, -0.15) is 0 Å². The third-order valence-corrected chi connectivity index (χ3v) is 9.30. The standard InChI is InChI=1S/C46H44N2.4CH4.8H2/c1-45(2,3)33-27-29-39-41(31-33)43(47(35-19-11-7-12-20-35)36-21-13-8-14-22-36)40-30-28-34(46(4,5)6)32-42(40)44(39)48(37-23-15-9-16-24-37)38-25-17-10-18-26-38;;;;;;;;;;;;/h7-32H,1-6H3;4*1H4;8*1H/i;4*1D;8*1+1D. The molecule has 7 aromatic carbocycles. The van der Waals surface area contributed by atoms with Crippen LogP contribution in [0, 0.1) is 0 Å². The van der Waals surface area contributed by atoms with E-state index >= 15 is 0 Å². The zero-order valence-corrected chi connectivity index (χ0v) is 32.9. The average molecular weight is 725 g/mol. The molecule has 0 N–H and O–H groups in total. The average Bonchev–Trinajstić information content (AvgIpc) is 3.48. The van der Waals surface area contributed by atoms with Gasteiger partial charge in [-0.25, -0.2) is 0 Å². The molecule has 7 rings (SSSR count). The first kappa shape index (κ1) is 26.4. The molecule has 7 aromatic rings. The van der Waals surface area contributed by atoms with Gasteiger partial charge in [0, 0.05) is 73.5 Å². The minimum absolute atomic E-state index is 0.0282. The molecule has 0 aliphatic rings. The van der Waals surface area contributed by atoms with Crippen molar-refractivity contribution in [2.45, 2.75) is 82.0 Å². The second-order valence-electron chi connectivity index (χ2n) is 14.7. The molecule has 0 spiro atoms. The molecule has 0 unspecified atom stereocenters. The largest absolute Gasteiger partial charge is 0.309 e. The lowest BCUT2D eigenvalue weighted by Gasteiger charge is -2.34. The Hall–Kier alpha value is -5.34. The van der Waals surface area contributed by atoms with Crippen LogP contribution in [0.1, 0.15) is 112 Å². The SMILES string of the molecule is CC(C)(C)c1ccc2c(N(c3ccccc3)c3ccccc3)c3cc(C(C)(C)C)ccc3c(N(c3ccccc3)c3ccccc3)c2c1.[2H]C.[2H]C.[2H]C.[2H]C.[2H][2H].[2H][2H].[2H][2H].[2H][2H].[2H][2H].[2H][2H].[2H][2H].[2H][2H]. The lowest BCUT2D eigenvalue weighted by molar-refractivity contribution is 0.590. The van der Waals surface area contributed by atoms with E-state index in [0.29, 0.717) is 0 Å². The van der Waals surface area contributed by atoms with Gasteiger partial charge in [0.15, 0.2) is 0 Å². The number of para-hydroxylation sites is 4. The van der Waals surface area contributed by atoms with Crippen LogP contribution < -0.4 is 9.80 Å². The van der Waals surface area contributed by atoms with Crippen molar-refractivity contribution in [2.24, 2.45) is 0 Å². The third kappa shape index (κ3) is 7.77. The number of fused-ring (bicyclic) bond motifs is 2. The molecule has 2 heteroatoms. The predicted octanol–water partition coefficient (Wildman–Crippen LogP) is 18.0. The molecule has 0 radical (unpaired) electrons. The van der Waals surface area contributed by atoms with Crippen molar-refractivity contribution in [3.8, 4) is 0 Å². The van der Waals surface area contributed by atoms with Crippen LogP contribution in [0.4, 0.5) is 34.1 Å². The van der Waals surface area contributed by atoms with Crippen LogP contribution in [0.3, 0.4) is 0 Å². The lowest BCUT2D eigenvalue weighted by Crippen LogP contribution is -2.16. The summed E-state index contributed by atoms with van der Waals surface area (Å²) < 4.78 is 103. The van der Waals surface area contributed by atoms with E-state index in [1.54, 1.807) is 0 Å². The molecule has 0 aromatic heterocycles. The van der Waals surface area contributed by atoms with Gasteiger partial charge in [0.25, 0.3) is 0 Å². The zero-order valence-electron chi connectivity index (χ0n) is 52.9. The predicted molar refractivity (Wildman–Crippen MR) is 252 cm³/mol. The quantitative estimate of drug-likeness (QED) is 0.124. The minimum Gasteiger partial charge on any atom is -0.309 e. The number of anilines is 6. The molecule has 0 saturated heterocycles. The summed E-state index contributed by atoms with van der Waals surface area (Å²) in [4.78, 5) is 4.90. The van der Waals surface area contributed by atoms with E-state index in [9.17, 15) is 0 Å². The number of benzene rings is 7. The number of rotatable bonds is 6. The van der Waals surface area contributed by atoms with Crippen LogP contribution in [-0.2, 0) is 10.8 Å². The first-order chi connectivity index (χ1) is 35.1. The van der Waals surface area contributed by atoms with Crippen molar-refractivity contribution >= 4 is 55.7 Å². The van der Waals surface area contributed by atoms with Crippen LogP contribution in [0.25, 0.3) is 21.5 Å². The number of hydrogen-bond donors (Lipinski definition) is 0. The number of nitrogens with zero attached hydrogens (tertiary/aromatic N) is 2. The maximum absolute atomic E-state index is 5.75. The summed E-state index contributed by atoms with van der Waals surface area (Å²) in [5, 5.41) is 4.86. The van der Waals surface area contributed by atoms with Gasteiger partial charge in [-0.3, -0.25) is 0 Å². The molecule has 0 fully saturated rings. The molecule has 0 saturated carbocycles. The van der Waals surface area contributed by atoms with E-state index in [0.717, 1.165) is 22.7 Å². The second kappa shape index (κ2) is 16.3. The monoisotopic (exact) mass is 725 g/mol. The fourth-order valence-electron chi connectivity index (χ4n) is 6.72. The summed E-state index contributed by atoms with van der Waals surface area (Å²) in [6.45, 7) is 13.8. The van der Waals surface area contributed by atoms with Crippen LogP contribution >= 0.6 is 0 Å². The van der Waals surface area contributed by atoms with Gasteiger partial charge < -0.3 is 9.80 Å². The van der Waals surface area contributed by atoms with Crippen molar-refractivity contribution in [3.05, 3.63) is 169 Å². The molecule has 0 amide bonds. The molecule has 0 aliphatic heterocycles. The first-order valence-electron chi connectivity index (χ1n) is 29.0. The fourth-order valence-corrected chi connectivity index (χ4v) is 6.72. The third-order valence-electron chi connectivity index (χ3n) is 9.30. The summed E-state index contributed by atoms with van der Waals surface area (Å²) >= 11 is 0. The Morgan fingerprint density at radius 2 is 0.635 bits per heavy atom. The lowest BCUT2D eigenvalue weighted by atomic mass is 9.82. The highest BCUT2D eigenvalue weighted by Gasteiger charge is 2.28. The molecular formula is C50H76N2. The summed E-state index contributed by atoms with van der Waals surface area (Å²) in [6, 6.07) is 57.5. The van der Waals surface area contributed by atoms with E-state index in [4.69, 9.17) is 29.2 Å². The molecular weight excluding hydrogens is 629 g/mol. The molecule has 0 heterocycles. The van der Waals surface area contributed by atoms with Crippen molar-refractivity contribution < 1.29 is 29.2 Å². The highest BCUT2D eigenvalue weighted by molar-refractivity contribution is 6.23. The summed E-state index contributed by atoms with van der Waals surface area (Å²) in [5.74, 6) is 0. The van der Waals surface area contributed by atoms with Gasteiger partial charge in [0.1, 0.15) is 0 Å². The molecule has 2 nitrogen and oxygen atoms in total. The van der Waals surface area contributed by atoms with Crippen LogP contribution in [0.15, 0.2) is 158 Å². The van der Waals surface area contributed by atoms with E-state index in [2.05, 4.69) is 209 Å². The van der Waals surface area contributed by atoms with Gasteiger partial charge in [-0.15, -0.1) is 0 Å². The van der Waals surface area contributed by atoms with E-state index in [1.165, 1.54) is 73.7 Å². The van der Waals surface area contributed by atoms with Crippen LogP contribution in [0.2, 0.25) is 0 Å². The Morgan fingerprint density at radius 3 is 0.865 bits per heavy atom. The van der Waals surface area contributed by atoms with Crippen molar-refractivity contribution in [2.75, 3.05) is 9.80 Å². The Labute approximate surface area is 345 Å². The fraction of sp³-hybridized carbons (Fsp3) is 0.240. The summed E-state index contributed by atoms with van der Waals surface area (Å²) in [5.41, 5.74) is 9.44. The Balaban J connectivity index is -0.000000400. The van der Waals surface area contributed by atoms with E-state index in [-0.39, 0.29) is 10.8 Å². The highest BCUT2D eigenvalue weighted by atomic mass is 15.2. The maximum Gasteiger partial charge on any atom is 0.0620 e. The summed E-state index contributed by atoms with van der Waals surface area (Å²) in [7, 11) is 5.00. The minimum atomic E-state index is -0.0282. The van der Waals surface area contributed by atoms with Gasteiger partial charge in [-0.1, -0.05) is 168 Å². The van der Waals surface area contributed by atoms with Crippen LogP contribution in [0.5, 0.6) is 0 Å². The summed E-state index contributed by atoms with van der Waals surface area (Å²) in [6.07, 6.45) is 0. The Morgan fingerprint density at radius 1 is 0.385 bits per heavy atom. The smallest absolute Gasteiger partial charge is 0.0620 e. The normalized spacial score (nSPS) is 12.8. The van der Waals surface area contributed by atoms with Crippen LogP contribution in [-0.4, -0.2) is 0 Å². The number of hydrogen-bond acceptors (Lipinski definition) is 2. The Kier molecular flexibility index (Phi) is 8.31. The van der Waals surface area contributed by atoms with E-state index in [1.807, 2.05) is 0 Å². The second-order valence-corrected chi connectivity index (χ2v) is 14.7. The van der Waals surface area contributed by atoms with Crippen molar-refractivity contribution in [1.29, 1.82) is 0 Å². The molecule has 0 bridgehead atoms. The van der Waals surface area contributed by atoms with Crippen molar-refractivity contribution in [3.63, 3.8) is 0 Å². The topological polar surface area (TPSA) is 6.48 Å². The molecule has 286 valence electrons. The van der Waals surface area contributed by atoms with E-state index < -0.39 is 0 Å². The van der Waals surface area contributed by atoms with Gasteiger partial charge in [0.05, 0.1) is 11.4 Å². The highest BCUT2D eigenvalue weighted by Crippen LogP contribution is 2.52.